The van der Waals surface area contributed by atoms with Crippen LogP contribution in [-0.2, 0) is 27.9 Å². The fraction of sp³-hybridized carbons (Fsp3) is 0.222. The zero-order valence-corrected chi connectivity index (χ0v) is 15.6. The van der Waals surface area contributed by atoms with E-state index in [-0.39, 0.29) is 24.0 Å². The minimum atomic E-state index is -1.39. The van der Waals surface area contributed by atoms with Gasteiger partial charge in [-0.25, -0.2) is 4.98 Å². The van der Waals surface area contributed by atoms with Crippen LogP contribution in [0.5, 0.6) is 0 Å². The zero-order valence-electron chi connectivity index (χ0n) is 14.0. The summed E-state index contributed by atoms with van der Waals surface area (Å²) >= 11 is 5.88. The van der Waals surface area contributed by atoms with Gasteiger partial charge in [0.2, 0.25) is 11.8 Å². The summed E-state index contributed by atoms with van der Waals surface area (Å²) in [7, 11) is -1.39. The summed E-state index contributed by atoms with van der Waals surface area (Å²) in [5.74, 6) is 1.40. The Hall–Kier alpha value is -2.38. The van der Waals surface area contributed by atoms with E-state index in [0.29, 0.717) is 28.1 Å². The number of amides is 1. The second kappa shape index (κ2) is 8.33. The van der Waals surface area contributed by atoms with Gasteiger partial charge >= 0.3 is 0 Å². The summed E-state index contributed by atoms with van der Waals surface area (Å²) in [5.41, 5.74) is 1.36. The van der Waals surface area contributed by atoms with E-state index < -0.39 is 10.8 Å². The number of benzene rings is 1. The van der Waals surface area contributed by atoms with E-state index in [9.17, 15) is 9.00 Å². The summed E-state index contributed by atoms with van der Waals surface area (Å²) in [5, 5.41) is 3.29. The molecule has 0 aliphatic carbocycles. The fourth-order valence-electron chi connectivity index (χ4n) is 2.28. The zero-order chi connectivity index (χ0) is 18.5. The van der Waals surface area contributed by atoms with Crippen LogP contribution in [-0.4, -0.2) is 20.9 Å². The summed E-state index contributed by atoms with van der Waals surface area (Å²) in [6.45, 7) is 2.03. The number of furan rings is 1. The maximum absolute atomic E-state index is 12.3. The lowest BCUT2D eigenvalue weighted by molar-refractivity contribution is -0.118. The molecule has 0 aliphatic rings. The Morgan fingerprint density at radius 1 is 1.27 bits per heavy atom. The molecule has 2 aromatic heterocycles. The smallest absolute Gasteiger partial charge is 0.233 e. The van der Waals surface area contributed by atoms with Gasteiger partial charge in [0.05, 0.1) is 24.3 Å². The molecule has 0 fully saturated rings. The number of nitrogens with one attached hydrogen (secondary N) is 1. The van der Waals surface area contributed by atoms with Gasteiger partial charge in [0, 0.05) is 21.4 Å². The molecule has 1 atom stereocenters. The van der Waals surface area contributed by atoms with Gasteiger partial charge in [-0.2, -0.15) is 0 Å². The van der Waals surface area contributed by atoms with Gasteiger partial charge in [-0.3, -0.25) is 9.00 Å². The molecule has 0 unspecified atom stereocenters. The van der Waals surface area contributed by atoms with E-state index in [1.807, 2.05) is 0 Å². The first-order valence-corrected chi connectivity index (χ1v) is 9.74. The monoisotopic (exact) mass is 392 g/mol. The number of aromatic nitrogens is 1. The van der Waals surface area contributed by atoms with Crippen LogP contribution in [0.25, 0.3) is 11.5 Å². The summed E-state index contributed by atoms with van der Waals surface area (Å²) in [4.78, 5) is 16.3. The van der Waals surface area contributed by atoms with E-state index in [4.69, 9.17) is 20.4 Å². The SMILES string of the molecule is Cc1oc(-c2ccc(Cl)cc2)nc1C[S@@](=O)CC(=O)NCc1ccco1. The average Bonchev–Trinajstić information content (AvgIpc) is 3.24. The van der Waals surface area contributed by atoms with Gasteiger partial charge in [-0.15, -0.1) is 0 Å². The standard InChI is InChI=1S/C18H17ClN2O4S/c1-12-16(21-18(25-12)13-4-6-14(19)7-5-13)10-26(23)11-17(22)20-9-15-3-2-8-24-15/h2-8H,9-11H2,1H3,(H,20,22)/t26-/m1/s1. The predicted molar refractivity (Wildman–Crippen MR) is 99.0 cm³/mol. The van der Waals surface area contributed by atoms with Crippen LogP contribution in [0.4, 0.5) is 0 Å². The van der Waals surface area contributed by atoms with Gasteiger partial charge in [0.15, 0.2) is 0 Å². The van der Waals surface area contributed by atoms with E-state index in [1.54, 1.807) is 43.3 Å². The third-order valence-corrected chi connectivity index (χ3v) is 5.05. The number of carbonyl (C=O) groups excluding carboxylic acids is 1. The van der Waals surface area contributed by atoms with Crippen LogP contribution < -0.4 is 5.32 Å². The Bertz CT molecular complexity index is 904. The lowest BCUT2D eigenvalue weighted by Crippen LogP contribution is -2.28. The molecule has 1 aromatic carbocycles. The number of nitrogens with zero attached hydrogens (tertiary/aromatic N) is 1. The molecule has 3 rings (SSSR count). The number of aryl methyl sites for hydroxylation is 1. The van der Waals surface area contributed by atoms with Crippen molar-refractivity contribution in [2.24, 2.45) is 0 Å². The van der Waals surface area contributed by atoms with Crippen molar-refractivity contribution in [2.75, 3.05) is 5.75 Å². The van der Waals surface area contributed by atoms with Crippen LogP contribution in [0.2, 0.25) is 5.02 Å². The number of oxazole rings is 1. The van der Waals surface area contributed by atoms with Crippen LogP contribution >= 0.6 is 11.6 Å². The van der Waals surface area contributed by atoms with Gasteiger partial charge in [-0.05, 0) is 43.3 Å². The molecule has 26 heavy (non-hydrogen) atoms. The maximum atomic E-state index is 12.3. The molecule has 0 bridgehead atoms. The molecule has 1 amide bonds. The Morgan fingerprint density at radius 3 is 2.73 bits per heavy atom. The third-order valence-electron chi connectivity index (χ3n) is 3.61. The fourth-order valence-corrected chi connectivity index (χ4v) is 3.47. The van der Waals surface area contributed by atoms with E-state index in [1.165, 1.54) is 6.26 Å². The van der Waals surface area contributed by atoms with Crippen molar-refractivity contribution in [1.29, 1.82) is 0 Å². The second-order valence-corrected chi connectivity index (χ2v) is 7.51. The maximum Gasteiger partial charge on any atom is 0.233 e. The molecule has 0 aliphatic heterocycles. The third kappa shape index (κ3) is 4.83. The molecule has 1 N–H and O–H groups in total. The highest BCUT2D eigenvalue weighted by Crippen LogP contribution is 2.24. The predicted octanol–water partition coefficient (Wildman–Crippen LogP) is 3.46. The molecule has 0 saturated carbocycles. The highest BCUT2D eigenvalue weighted by Gasteiger charge is 2.16. The van der Waals surface area contributed by atoms with Gasteiger partial charge in [0.25, 0.3) is 0 Å². The topological polar surface area (TPSA) is 85.3 Å². The number of hydrogen-bond acceptors (Lipinski definition) is 5. The van der Waals surface area contributed by atoms with Crippen molar-refractivity contribution in [3.8, 4) is 11.5 Å². The van der Waals surface area contributed by atoms with Gasteiger partial charge in [0.1, 0.15) is 17.3 Å². The van der Waals surface area contributed by atoms with Gasteiger partial charge in [-0.1, -0.05) is 11.6 Å². The lowest BCUT2D eigenvalue weighted by Gasteiger charge is -2.03. The van der Waals surface area contributed by atoms with E-state index in [2.05, 4.69) is 10.3 Å². The Labute approximate surface area is 158 Å². The van der Waals surface area contributed by atoms with Crippen LogP contribution in [0.3, 0.4) is 0 Å². The van der Waals surface area contributed by atoms with Crippen LogP contribution in [0.1, 0.15) is 17.2 Å². The van der Waals surface area contributed by atoms with Crippen molar-refractivity contribution < 1.29 is 17.8 Å². The van der Waals surface area contributed by atoms with Gasteiger partial charge < -0.3 is 14.2 Å². The summed E-state index contributed by atoms with van der Waals surface area (Å²) < 4.78 is 23.0. The minimum Gasteiger partial charge on any atom is -0.467 e. The number of rotatable bonds is 7. The Balaban J connectivity index is 1.57. The second-order valence-electron chi connectivity index (χ2n) is 5.61. The largest absolute Gasteiger partial charge is 0.467 e. The van der Waals surface area contributed by atoms with E-state index in [0.717, 1.165) is 5.56 Å². The van der Waals surface area contributed by atoms with Crippen molar-refractivity contribution >= 4 is 28.3 Å². The number of carbonyl (C=O) groups is 1. The molecule has 0 radical (unpaired) electrons. The number of hydrogen-bond donors (Lipinski definition) is 1. The molecule has 8 heteroatoms. The average molecular weight is 393 g/mol. The normalized spacial score (nSPS) is 12.1. The first-order valence-electron chi connectivity index (χ1n) is 7.87. The Morgan fingerprint density at radius 2 is 2.04 bits per heavy atom. The molecular formula is C18H17ClN2O4S. The van der Waals surface area contributed by atoms with E-state index >= 15 is 0 Å². The number of halogens is 1. The first kappa shape index (κ1) is 18.4. The highest BCUT2D eigenvalue weighted by molar-refractivity contribution is 7.84. The molecule has 2 heterocycles. The Kier molecular flexibility index (Phi) is 5.90. The van der Waals surface area contributed by atoms with Crippen molar-refractivity contribution in [1.82, 2.24) is 10.3 Å². The molecule has 0 spiro atoms. The van der Waals surface area contributed by atoms with Crippen LogP contribution in [0, 0.1) is 6.92 Å². The lowest BCUT2D eigenvalue weighted by atomic mass is 10.2. The molecular weight excluding hydrogens is 376 g/mol. The van der Waals surface area contributed by atoms with Crippen molar-refractivity contribution in [3.63, 3.8) is 0 Å². The highest BCUT2D eigenvalue weighted by atomic mass is 35.5. The summed E-state index contributed by atoms with van der Waals surface area (Å²) in [6, 6.07) is 10.6. The van der Waals surface area contributed by atoms with Crippen molar-refractivity contribution in [2.45, 2.75) is 19.2 Å². The minimum absolute atomic E-state index is 0.108. The molecule has 0 saturated heterocycles. The van der Waals surface area contributed by atoms with Crippen LogP contribution in [0.15, 0.2) is 51.5 Å². The molecule has 3 aromatic rings. The quantitative estimate of drug-likeness (QED) is 0.665. The molecule has 6 nitrogen and oxygen atoms in total. The first-order chi connectivity index (χ1) is 12.5. The molecule has 136 valence electrons. The van der Waals surface area contributed by atoms with Crippen molar-refractivity contribution in [3.05, 3.63) is 64.9 Å². The summed E-state index contributed by atoms with van der Waals surface area (Å²) in [6.07, 6.45) is 1.53.